The Balaban J connectivity index is 2.09. The minimum Gasteiger partial charge on any atom is -0.371 e. The van der Waals surface area contributed by atoms with Crippen molar-refractivity contribution >= 4 is 11.5 Å². The van der Waals surface area contributed by atoms with E-state index in [9.17, 15) is 0 Å². The molecule has 0 bridgehead atoms. The first kappa shape index (κ1) is 12.2. The highest BCUT2D eigenvalue weighted by Gasteiger charge is 2.22. The van der Waals surface area contributed by atoms with Gasteiger partial charge in [0.25, 0.3) is 0 Å². The Bertz CT molecular complexity index is 366. The molecule has 1 saturated carbocycles. The number of pyridine rings is 1. The molecule has 1 aromatic rings. The molecule has 0 amide bonds. The monoisotopic (exact) mass is 234 g/mol. The van der Waals surface area contributed by atoms with Gasteiger partial charge in [0.15, 0.2) is 0 Å². The average Bonchev–Trinajstić information content (AvgIpc) is 2.38. The molecule has 17 heavy (non-hydrogen) atoms. The highest BCUT2D eigenvalue weighted by atomic mass is 15.3. The van der Waals surface area contributed by atoms with Gasteiger partial charge in [-0.1, -0.05) is 19.8 Å². The van der Waals surface area contributed by atoms with Crippen molar-refractivity contribution in [2.24, 2.45) is 11.8 Å². The van der Waals surface area contributed by atoms with Gasteiger partial charge in [0.05, 0.1) is 0 Å². The average molecular weight is 234 g/mol. The van der Waals surface area contributed by atoms with E-state index >= 15 is 0 Å². The third-order valence-corrected chi connectivity index (χ3v) is 3.76. The Morgan fingerprint density at radius 1 is 1.47 bits per heavy atom. The summed E-state index contributed by atoms with van der Waals surface area (Å²) in [4.78, 5) is 6.50. The first-order valence-corrected chi connectivity index (χ1v) is 6.36. The van der Waals surface area contributed by atoms with Gasteiger partial charge in [0, 0.05) is 31.0 Å². The predicted octanol–water partition coefficient (Wildman–Crippen LogP) is 2.38. The lowest BCUT2D eigenvalue weighted by Gasteiger charge is -2.35. The van der Waals surface area contributed by atoms with Crippen LogP contribution in [-0.2, 0) is 0 Å². The van der Waals surface area contributed by atoms with E-state index in [1.807, 2.05) is 12.1 Å². The number of hydrogen-bond acceptors (Lipinski definition) is 4. The molecule has 3 N–H and O–H groups in total. The fraction of sp³-hybridized carbons (Fsp3) is 0.615. The summed E-state index contributed by atoms with van der Waals surface area (Å²) < 4.78 is 0. The van der Waals surface area contributed by atoms with Gasteiger partial charge in [0.2, 0.25) is 0 Å². The Kier molecular flexibility index (Phi) is 3.84. The molecule has 0 aliphatic heterocycles. The number of nitrogens with zero attached hydrogens (tertiary/aromatic N) is 2. The Labute approximate surface area is 103 Å². The van der Waals surface area contributed by atoms with Crippen LogP contribution in [0, 0.1) is 5.92 Å². The number of nitrogens with one attached hydrogen (secondary N) is 1. The number of hydrogen-bond donors (Lipinski definition) is 2. The number of rotatable bonds is 3. The molecule has 1 heterocycles. The van der Waals surface area contributed by atoms with Gasteiger partial charge in [0.1, 0.15) is 5.82 Å². The van der Waals surface area contributed by atoms with Crippen molar-refractivity contribution in [3.05, 3.63) is 18.3 Å². The van der Waals surface area contributed by atoms with Crippen molar-refractivity contribution in [2.45, 2.75) is 38.6 Å². The normalized spacial score (nSPS) is 24.4. The smallest absolute Gasteiger partial charge is 0.141 e. The SMILES string of the molecule is CC1CCCC(N(C)c2ccnc(NN)c2)C1. The molecule has 2 atom stereocenters. The van der Waals surface area contributed by atoms with Crippen molar-refractivity contribution in [3.8, 4) is 0 Å². The number of nitrogen functional groups attached to an aromatic ring is 1. The summed E-state index contributed by atoms with van der Waals surface area (Å²) in [5.41, 5.74) is 3.78. The van der Waals surface area contributed by atoms with Crippen LogP contribution in [-0.4, -0.2) is 18.1 Å². The Hall–Kier alpha value is -1.29. The van der Waals surface area contributed by atoms with E-state index in [-0.39, 0.29) is 0 Å². The molecule has 0 saturated heterocycles. The fourth-order valence-corrected chi connectivity index (χ4v) is 2.68. The zero-order valence-electron chi connectivity index (χ0n) is 10.7. The van der Waals surface area contributed by atoms with Crippen LogP contribution >= 0.6 is 0 Å². The van der Waals surface area contributed by atoms with Crippen molar-refractivity contribution in [3.63, 3.8) is 0 Å². The van der Waals surface area contributed by atoms with Gasteiger partial charge < -0.3 is 10.3 Å². The molecule has 4 nitrogen and oxygen atoms in total. The summed E-state index contributed by atoms with van der Waals surface area (Å²) in [6, 6.07) is 4.69. The maximum Gasteiger partial charge on any atom is 0.141 e. The van der Waals surface area contributed by atoms with E-state index in [1.54, 1.807) is 6.20 Å². The van der Waals surface area contributed by atoms with Crippen LogP contribution in [0.3, 0.4) is 0 Å². The zero-order chi connectivity index (χ0) is 12.3. The van der Waals surface area contributed by atoms with E-state index in [1.165, 1.54) is 31.4 Å². The molecular formula is C13H22N4. The van der Waals surface area contributed by atoms with Crippen molar-refractivity contribution < 1.29 is 0 Å². The zero-order valence-corrected chi connectivity index (χ0v) is 10.7. The van der Waals surface area contributed by atoms with Crippen LogP contribution < -0.4 is 16.2 Å². The third-order valence-electron chi connectivity index (χ3n) is 3.76. The second kappa shape index (κ2) is 5.36. The van der Waals surface area contributed by atoms with Gasteiger partial charge in [-0.15, -0.1) is 0 Å². The molecule has 1 aromatic heterocycles. The molecule has 0 spiro atoms. The van der Waals surface area contributed by atoms with E-state index < -0.39 is 0 Å². The van der Waals surface area contributed by atoms with E-state index in [4.69, 9.17) is 5.84 Å². The molecular weight excluding hydrogens is 212 g/mol. The molecule has 0 radical (unpaired) electrons. The molecule has 2 rings (SSSR count). The largest absolute Gasteiger partial charge is 0.371 e. The quantitative estimate of drug-likeness (QED) is 0.623. The van der Waals surface area contributed by atoms with Crippen LogP contribution in [0.1, 0.15) is 32.6 Å². The number of anilines is 2. The Morgan fingerprint density at radius 2 is 2.29 bits per heavy atom. The minimum absolute atomic E-state index is 0.645. The summed E-state index contributed by atoms with van der Waals surface area (Å²) in [5, 5.41) is 0. The standard InChI is InChI=1S/C13H22N4/c1-10-4-3-5-11(8-10)17(2)12-6-7-15-13(9-12)16-14/h6-7,9-11H,3-5,8,14H2,1-2H3,(H,15,16). The van der Waals surface area contributed by atoms with Crippen LogP contribution in [0.2, 0.25) is 0 Å². The number of aromatic nitrogens is 1. The number of nitrogens with two attached hydrogens (primary N) is 1. The lowest BCUT2D eigenvalue weighted by Crippen LogP contribution is -2.35. The molecule has 1 fully saturated rings. The van der Waals surface area contributed by atoms with E-state index in [2.05, 4.69) is 29.3 Å². The highest BCUT2D eigenvalue weighted by molar-refractivity contribution is 5.53. The second-order valence-electron chi connectivity index (χ2n) is 5.08. The molecule has 4 heteroatoms. The Morgan fingerprint density at radius 3 is 3.00 bits per heavy atom. The fourth-order valence-electron chi connectivity index (χ4n) is 2.68. The van der Waals surface area contributed by atoms with Crippen molar-refractivity contribution in [2.75, 3.05) is 17.4 Å². The summed E-state index contributed by atoms with van der Waals surface area (Å²) >= 11 is 0. The maximum absolute atomic E-state index is 5.39. The van der Waals surface area contributed by atoms with E-state index in [0.29, 0.717) is 6.04 Å². The van der Waals surface area contributed by atoms with E-state index in [0.717, 1.165) is 11.7 Å². The van der Waals surface area contributed by atoms with Gasteiger partial charge in [-0.2, -0.15) is 0 Å². The van der Waals surface area contributed by atoms with Gasteiger partial charge >= 0.3 is 0 Å². The first-order chi connectivity index (χ1) is 8.20. The molecule has 94 valence electrons. The molecule has 2 unspecified atom stereocenters. The summed E-state index contributed by atoms with van der Waals surface area (Å²) in [5.74, 6) is 6.95. The highest BCUT2D eigenvalue weighted by Crippen LogP contribution is 2.29. The van der Waals surface area contributed by atoms with Gasteiger partial charge in [-0.05, 0) is 24.8 Å². The third kappa shape index (κ3) is 2.88. The van der Waals surface area contributed by atoms with Crippen LogP contribution in [0.5, 0.6) is 0 Å². The summed E-state index contributed by atoms with van der Waals surface area (Å²) in [7, 11) is 2.17. The minimum atomic E-state index is 0.645. The lowest BCUT2D eigenvalue weighted by atomic mass is 9.86. The van der Waals surface area contributed by atoms with Crippen molar-refractivity contribution in [1.82, 2.24) is 4.98 Å². The lowest BCUT2D eigenvalue weighted by molar-refractivity contribution is 0.336. The first-order valence-electron chi connectivity index (χ1n) is 6.36. The maximum atomic E-state index is 5.39. The second-order valence-corrected chi connectivity index (χ2v) is 5.08. The summed E-state index contributed by atoms with van der Waals surface area (Å²) in [6.07, 6.45) is 7.07. The van der Waals surface area contributed by atoms with Crippen LogP contribution in [0.25, 0.3) is 0 Å². The molecule has 0 aromatic carbocycles. The predicted molar refractivity (Wildman–Crippen MR) is 71.9 cm³/mol. The van der Waals surface area contributed by atoms with Crippen molar-refractivity contribution in [1.29, 1.82) is 0 Å². The van der Waals surface area contributed by atoms with Crippen LogP contribution in [0.15, 0.2) is 18.3 Å². The van der Waals surface area contributed by atoms with Crippen LogP contribution in [0.4, 0.5) is 11.5 Å². The van der Waals surface area contributed by atoms with Gasteiger partial charge in [-0.3, -0.25) is 0 Å². The topological polar surface area (TPSA) is 54.2 Å². The summed E-state index contributed by atoms with van der Waals surface area (Å²) in [6.45, 7) is 2.35. The number of hydrazine groups is 1. The van der Waals surface area contributed by atoms with Gasteiger partial charge in [-0.25, -0.2) is 10.8 Å². The molecule has 1 aliphatic carbocycles. The molecule has 1 aliphatic rings.